The molecule has 35 heavy (non-hydrogen) atoms. The van der Waals surface area contributed by atoms with Gasteiger partial charge in [0.05, 0.1) is 5.39 Å². The highest BCUT2D eigenvalue weighted by Gasteiger charge is 2.29. The van der Waals surface area contributed by atoms with Gasteiger partial charge in [-0.3, -0.25) is 0 Å². The highest BCUT2D eigenvalue weighted by atomic mass is 32.1. The maximum Gasteiger partial charge on any atom is 0.321 e. The van der Waals surface area contributed by atoms with E-state index in [1.165, 1.54) is 27.8 Å². The molecule has 0 spiro atoms. The molecule has 0 radical (unpaired) electrons. The summed E-state index contributed by atoms with van der Waals surface area (Å²) in [4.78, 5) is 30.1. The van der Waals surface area contributed by atoms with Gasteiger partial charge in [0.25, 0.3) is 0 Å². The van der Waals surface area contributed by atoms with Crippen LogP contribution in [0.3, 0.4) is 0 Å². The highest BCUT2D eigenvalue weighted by molar-refractivity contribution is 7.19. The van der Waals surface area contributed by atoms with Crippen molar-refractivity contribution in [3.8, 4) is 0 Å². The van der Waals surface area contributed by atoms with Gasteiger partial charge >= 0.3 is 6.03 Å². The number of benzene rings is 1. The molecule has 3 aromatic rings. The first-order valence-corrected chi connectivity index (χ1v) is 14.0. The summed E-state index contributed by atoms with van der Waals surface area (Å²) in [6.07, 6.45) is 5.49. The Hall–Kier alpha value is -2.67. The summed E-state index contributed by atoms with van der Waals surface area (Å²) in [7, 11) is 0. The molecule has 1 aliphatic heterocycles. The van der Waals surface area contributed by atoms with Crippen LogP contribution >= 0.6 is 11.3 Å². The number of thiophene rings is 1. The molecule has 2 unspecified atom stereocenters. The molecular weight excluding hydrogens is 454 g/mol. The van der Waals surface area contributed by atoms with Crippen LogP contribution in [0.4, 0.5) is 16.3 Å². The predicted octanol–water partition coefficient (Wildman–Crippen LogP) is 6.25. The van der Waals surface area contributed by atoms with Crippen molar-refractivity contribution in [1.82, 2.24) is 14.9 Å². The van der Waals surface area contributed by atoms with E-state index >= 15 is 0 Å². The number of piperazine rings is 1. The molecule has 1 saturated heterocycles. The number of carbonyl (C=O) groups is 1. The lowest BCUT2D eigenvalue weighted by Gasteiger charge is -2.36. The molecule has 1 N–H and O–H groups in total. The number of carbonyl (C=O) groups excluding carboxylic acids is 1. The smallest absolute Gasteiger partial charge is 0.321 e. The zero-order valence-corrected chi connectivity index (χ0v) is 22.2. The number of rotatable bonds is 5. The lowest BCUT2D eigenvalue weighted by atomic mass is 9.89. The van der Waals surface area contributed by atoms with Gasteiger partial charge in [0.2, 0.25) is 0 Å². The van der Waals surface area contributed by atoms with E-state index in [0.29, 0.717) is 19.0 Å². The van der Waals surface area contributed by atoms with Crippen molar-refractivity contribution in [2.24, 2.45) is 5.92 Å². The first-order valence-electron chi connectivity index (χ1n) is 13.2. The molecular formula is C28H37N5OS. The highest BCUT2D eigenvalue weighted by Crippen LogP contribution is 2.42. The number of urea groups is 1. The second kappa shape index (κ2) is 10.1. The Bertz CT molecular complexity index is 1210. The molecule has 3 heterocycles. The van der Waals surface area contributed by atoms with E-state index in [2.05, 4.69) is 50.0 Å². The van der Waals surface area contributed by atoms with Crippen LogP contribution in [0.1, 0.15) is 68.3 Å². The van der Waals surface area contributed by atoms with E-state index in [1.54, 1.807) is 0 Å². The van der Waals surface area contributed by atoms with Crippen LogP contribution in [-0.2, 0) is 19.3 Å². The number of fused-ring (bicyclic) bond motifs is 3. The maximum absolute atomic E-state index is 13.0. The number of amides is 2. The Balaban J connectivity index is 1.37. The average Bonchev–Trinajstić information content (AvgIpc) is 3.25. The molecule has 1 aliphatic carbocycles. The van der Waals surface area contributed by atoms with Crippen molar-refractivity contribution in [2.75, 3.05) is 36.4 Å². The van der Waals surface area contributed by atoms with Crippen LogP contribution in [0, 0.1) is 5.92 Å². The molecule has 1 aromatic carbocycles. The summed E-state index contributed by atoms with van der Waals surface area (Å²) in [5, 5.41) is 4.36. The molecule has 0 bridgehead atoms. The minimum Gasteiger partial charge on any atom is -0.352 e. The van der Waals surface area contributed by atoms with Crippen molar-refractivity contribution in [2.45, 2.75) is 65.7 Å². The summed E-state index contributed by atoms with van der Waals surface area (Å²) < 4.78 is 0. The number of nitrogens with zero attached hydrogens (tertiary/aromatic N) is 4. The zero-order chi connectivity index (χ0) is 24.5. The number of hydrogen-bond acceptors (Lipinski definition) is 5. The first-order chi connectivity index (χ1) is 17.0. The number of nitrogens with one attached hydrogen (secondary N) is 1. The van der Waals surface area contributed by atoms with Gasteiger partial charge in [-0.15, -0.1) is 11.3 Å². The number of aryl methyl sites for hydroxylation is 2. The van der Waals surface area contributed by atoms with Gasteiger partial charge in [-0.05, 0) is 61.3 Å². The Labute approximate surface area is 212 Å². The standard InChI is InChI=1S/C28H37N5OS/c1-5-19(4)25-30-26(24-22-11-10-18(3)16-23(22)35-27(24)31-25)32-12-14-33(15-13-32)28(34)29-21-9-7-8-20(6-2)17-21/h7-9,17-19H,5-6,10-16H2,1-4H3,(H,29,34). The van der Waals surface area contributed by atoms with Crippen molar-refractivity contribution < 1.29 is 4.79 Å². The average molecular weight is 492 g/mol. The quantitative estimate of drug-likeness (QED) is 0.458. The molecule has 6 nitrogen and oxygen atoms in total. The summed E-state index contributed by atoms with van der Waals surface area (Å²) >= 11 is 1.88. The monoisotopic (exact) mass is 491 g/mol. The van der Waals surface area contributed by atoms with Crippen LogP contribution in [-0.4, -0.2) is 47.1 Å². The van der Waals surface area contributed by atoms with Crippen molar-refractivity contribution >= 4 is 39.1 Å². The van der Waals surface area contributed by atoms with Crippen LogP contribution in [0.2, 0.25) is 0 Å². The Morgan fingerprint density at radius 2 is 2.00 bits per heavy atom. The van der Waals surface area contributed by atoms with Gasteiger partial charge in [0.15, 0.2) is 0 Å². The zero-order valence-electron chi connectivity index (χ0n) is 21.4. The first kappa shape index (κ1) is 24.0. The van der Waals surface area contributed by atoms with Gasteiger partial charge in [-0.1, -0.05) is 39.8 Å². The topological polar surface area (TPSA) is 61.4 Å². The fourth-order valence-electron chi connectivity index (χ4n) is 5.16. The molecule has 1 fully saturated rings. The van der Waals surface area contributed by atoms with Gasteiger partial charge in [0.1, 0.15) is 16.5 Å². The third-order valence-corrected chi connectivity index (χ3v) is 8.81. The van der Waals surface area contributed by atoms with Gasteiger partial charge in [0, 0.05) is 42.7 Å². The predicted molar refractivity (Wildman–Crippen MR) is 146 cm³/mol. The third kappa shape index (κ3) is 4.88. The number of aromatic nitrogens is 2. The Kier molecular flexibility index (Phi) is 6.96. The summed E-state index contributed by atoms with van der Waals surface area (Å²) in [5.74, 6) is 3.12. The number of hydrogen-bond donors (Lipinski definition) is 1. The second-order valence-electron chi connectivity index (χ2n) is 10.2. The van der Waals surface area contributed by atoms with E-state index in [-0.39, 0.29) is 6.03 Å². The third-order valence-electron chi connectivity index (χ3n) is 7.66. The van der Waals surface area contributed by atoms with Crippen molar-refractivity contribution in [3.63, 3.8) is 0 Å². The van der Waals surface area contributed by atoms with Crippen LogP contribution < -0.4 is 10.2 Å². The van der Waals surface area contributed by atoms with Gasteiger partial charge in [-0.2, -0.15) is 0 Å². The minimum absolute atomic E-state index is 0.0204. The van der Waals surface area contributed by atoms with Crippen LogP contribution in [0.25, 0.3) is 10.2 Å². The fraction of sp³-hybridized carbons (Fsp3) is 0.536. The van der Waals surface area contributed by atoms with E-state index in [0.717, 1.165) is 66.9 Å². The van der Waals surface area contributed by atoms with E-state index in [9.17, 15) is 4.79 Å². The minimum atomic E-state index is -0.0204. The van der Waals surface area contributed by atoms with Crippen LogP contribution in [0.5, 0.6) is 0 Å². The molecule has 2 aromatic heterocycles. The molecule has 7 heteroatoms. The van der Waals surface area contributed by atoms with Crippen molar-refractivity contribution in [3.05, 3.63) is 46.1 Å². The summed E-state index contributed by atoms with van der Waals surface area (Å²) in [6.45, 7) is 11.9. The lowest BCUT2D eigenvalue weighted by Crippen LogP contribution is -2.50. The largest absolute Gasteiger partial charge is 0.352 e. The fourth-order valence-corrected chi connectivity index (χ4v) is 6.55. The van der Waals surface area contributed by atoms with E-state index in [1.807, 2.05) is 28.4 Å². The molecule has 0 saturated carbocycles. The molecule has 186 valence electrons. The Morgan fingerprint density at radius 1 is 1.20 bits per heavy atom. The number of anilines is 2. The molecule has 5 rings (SSSR count). The lowest BCUT2D eigenvalue weighted by molar-refractivity contribution is 0.208. The summed E-state index contributed by atoms with van der Waals surface area (Å²) in [6, 6.07) is 8.09. The Morgan fingerprint density at radius 3 is 2.74 bits per heavy atom. The van der Waals surface area contributed by atoms with Gasteiger partial charge in [-0.25, -0.2) is 14.8 Å². The summed E-state index contributed by atoms with van der Waals surface area (Å²) in [5.41, 5.74) is 3.57. The maximum atomic E-state index is 13.0. The van der Waals surface area contributed by atoms with Crippen LogP contribution in [0.15, 0.2) is 24.3 Å². The van der Waals surface area contributed by atoms with E-state index < -0.39 is 0 Å². The molecule has 2 aliphatic rings. The van der Waals surface area contributed by atoms with E-state index in [4.69, 9.17) is 9.97 Å². The van der Waals surface area contributed by atoms with Gasteiger partial charge < -0.3 is 15.1 Å². The van der Waals surface area contributed by atoms with Crippen molar-refractivity contribution in [1.29, 1.82) is 0 Å². The molecule has 2 amide bonds. The normalized spacial score (nSPS) is 19.0. The SMILES string of the molecule is CCc1cccc(NC(=O)N2CCN(c3nc(C(C)CC)nc4sc5c(c34)CCC(C)C5)CC2)c1. The second-order valence-corrected chi connectivity index (χ2v) is 11.3. The molecule has 2 atom stereocenters.